The van der Waals surface area contributed by atoms with E-state index in [0.717, 1.165) is 50.0 Å². The molecule has 24 heavy (non-hydrogen) atoms. The van der Waals surface area contributed by atoms with E-state index in [-0.39, 0.29) is 0 Å². The first-order valence-electron chi connectivity index (χ1n) is 8.59. The third kappa shape index (κ3) is 4.11. The van der Waals surface area contributed by atoms with Gasteiger partial charge in [0.1, 0.15) is 5.82 Å². The number of nitrogens with one attached hydrogen (secondary N) is 2. The molecule has 2 aromatic rings. The monoisotopic (exact) mass is 347 g/mol. The van der Waals surface area contributed by atoms with Crippen LogP contribution >= 0.6 is 11.3 Å². The van der Waals surface area contributed by atoms with E-state index in [1.165, 1.54) is 22.7 Å². The Morgan fingerprint density at radius 3 is 3.04 bits per heavy atom. The predicted molar refractivity (Wildman–Crippen MR) is 96.4 cm³/mol. The number of aliphatic imine (C=N–C) groups is 1. The number of nitrogens with zero attached hydrogens (tertiary/aromatic N) is 5. The van der Waals surface area contributed by atoms with Gasteiger partial charge in [-0.25, -0.2) is 4.98 Å². The normalized spacial score (nSPS) is 14.5. The molecule has 2 aromatic heterocycles. The zero-order valence-electron chi connectivity index (χ0n) is 14.4. The summed E-state index contributed by atoms with van der Waals surface area (Å²) in [5.74, 6) is 2.88. The number of aromatic nitrogens is 4. The zero-order valence-corrected chi connectivity index (χ0v) is 15.2. The van der Waals surface area contributed by atoms with Crippen molar-refractivity contribution in [2.45, 2.75) is 52.1 Å². The summed E-state index contributed by atoms with van der Waals surface area (Å²) in [6.07, 6.45) is 7.39. The molecule has 7 nitrogen and oxygen atoms in total. The Labute approximate surface area is 146 Å². The van der Waals surface area contributed by atoms with Crippen molar-refractivity contribution in [1.29, 1.82) is 0 Å². The fourth-order valence-corrected chi connectivity index (χ4v) is 3.66. The quantitative estimate of drug-likeness (QED) is 0.612. The van der Waals surface area contributed by atoms with Gasteiger partial charge in [0, 0.05) is 44.1 Å². The summed E-state index contributed by atoms with van der Waals surface area (Å²) in [5.41, 5.74) is 0. The van der Waals surface area contributed by atoms with Gasteiger partial charge in [0.05, 0.1) is 11.6 Å². The van der Waals surface area contributed by atoms with Crippen molar-refractivity contribution in [1.82, 2.24) is 30.4 Å². The van der Waals surface area contributed by atoms with Crippen molar-refractivity contribution in [3.63, 3.8) is 0 Å². The average Bonchev–Trinajstić information content (AvgIpc) is 3.24. The highest BCUT2D eigenvalue weighted by atomic mass is 32.1. The third-order valence-corrected chi connectivity index (χ3v) is 5.36. The van der Waals surface area contributed by atoms with Crippen LogP contribution in [0.25, 0.3) is 0 Å². The van der Waals surface area contributed by atoms with Crippen LogP contribution < -0.4 is 10.6 Å². The fourth-order valence-electron chi connectivity index (χ4n) is 2.80. The van der Waals surface area contributed by atoms with Crippen LogP contribution in [-0.2, 0) is 32.4 Å². The summed E-state index contributed by atoms with van der Waals surface area (Å²) in [4.78, 5) is 10.1. The Kier molecular flexibility index (Phi) is 5.79. The first-order valence-corrected chi connectivity index (χ1v) is 9.41. The second-order valence-electron chi connectivity index (χ2n) is 5.82. The van der Waals surface area contributed by atoms with Crippen LogP contribution in [0.15, 0.2) is 11.2 Å². The molecular weight excluding hydrogens is 322 g/mol. The summed E-state index contributed by atoms with van der Waals surface area (Å²) in [6.45, 7) is 4.64. The van der Waals surface area contributed by atoms with Gasteiger partial charge in [0.25, 0.3) is 0 Å². The second kappa shape index (κ2) is 8.23. The number of hydrogen-bond donors (Lipinski definition) is 2. The molecule has 0 saturated carbocycles. The molecule has 1 aliphatic heterocycles. The van der Waals surface area contributed by atoms with Gasteiger partial charge in [-0.05, 0) is 19.3 Å². The van der Waals surface area contributed by atoms with E-state index in [9.17, 15) is 0 Å². The van der Waals surface area contributed by atoms with Crippen molar-refractivity contribution >= 4 is 17.3 Å². The first kappa shape index (κ1) is 16.9. The number of thiazole rings is 1. The molecule has 3 rings (SSSR count). The summed E-state index contributed by atoms with van der Waals surface area (Å²) < 4.78 is 2.23. The molecule has 0 fully saturated rings. The molecule has 3 heterocycles. The van der Waals surface area contributed by atoms with Crippen molar-refractivity contribution in [3.8, 4) is 0 Å². The topological polar surface area (TPSA) is 80.0 Å². The molecule has 0 bridgehead atoms. The van der Waals surface area contributed by atoms with Gasteiger partial charge in [-0.2, -0.15) is 0 Å². The van der Waals surface area contributed by atoms with Crippen LogP contribution in [0.3, 0.4) is 0 Å². The van der Waals surface area contributed by atoms with Gasteiger partial charge >= 0.3 is 0 Å². The first-order chi connectivity index (χ1) is 11.8. The molecule has 0 atom stereocenters. The molecular formula is C16H25N7S. The van der Waals surface area contributed by atoms with Gasteiger partial charge in [0.2, 0.25) is 0 Å². The number of rotatable bonds is 6. The van der Waals surface area contributed by atoms with E-state index < -0.39 is 0 Å². The van der Waals surface area contributed by atoms with Crippen molar-refractivity contribution in [2.24, 2.45) is 4.99 Å². The Morgan fingerprint density at radius 1 is 1.33 bits per heavy atom. The lowest BCUT2D eigenvalue weighted by molar-refractivity contribution is 0.504. The molecule has 0 spiro atoms. The van der Waals surface area contributed by atoms with E-state index in [0.29, 0.717) is 6.54 Å². The maximum atomic E-state index is 4.44. The van der Waals surface area contributed by atoms with Crippen LogP contribution in [0.2, 0.25) is 0 Å². The highest BCUT2D eigenvalue weighted by molar-refractivity contribution is 7.11. The Balaban J connectivity index is 1.46. The largest absolute Gasteiger partial charge is 0.356 e. The predicted octanol–water partition coefficient (Wildman–Crippen LogP) is 1.54. The SMILES string of the molecule is CCc1cnc(CCNC(=NC)NCc2nnc3n2CCCC3)s1. The number of fused-ring (bicyclic) bond motifs is 1. The zero-order chi connectivity index (χ0) is 16.8. The van der Waals surface area contributed by atoms with Gasteiger partial charge < -0.3 is 15.2 Å². The number of hydrogen-bond acceptors (Lipinski definition) is 5. The molecule has 1 aliphatic rings. The molecule has 0 amide bonds. The van der Waals surface area contributed by atoms with Crippen LogP contribution in [0.4, 0.5) is 0 Å². The lowest BCUT2D eigenvalue weighted by atomic mass is 10.2. The van der Waals surface area contributed by atoms with E-state index in [2.05, 4.69) is 42.3 Å². The lowest BCUT2D eigenvalue weighted by Crippen LogP contribution is -2.38. The summed E-state index contributed by atoms with van der Waals surface area (Å²) in [6, 6.07) is 0. The van der Waals surface area contributed by atoms with Gasteiger partial charge in [-0.1, -0.05) is 6.92 Å². The Morgan fingerprint density at radius 2 is 2.25 bits per heavy atom. The molecule has 0 saturated heterocycles. The molecule has 130 valence electrons. The standard InChI is InChI=1S/C16H25N7S/c1-3-12-10-19-15(24-12)7-8-18-16(17-2)20-11-14-22-21-13-6-4-5-9-23(13)14/h10H,3-9,11H2,1-2H3,(H2,17,18,20). The molecule has 0 aromatic carbocycles. The Bertz CT molecular complexity index is 688. The van der Waals surface area contributed by atoms with Crippen LogP contribution in [-0.4, -0.2) is 39.3 Å². The molecule has 2 N–H and O–H groups in total. The number of guanidine groups is 1. The fraction of sp³-hybridized carbons (Fsp3) is 0.625. The van der Waals surface area contributed by atoms with Gasteiger partial charge in [-0.3, -0.25) is 4.99 Å². The summed E-state index contributed by atoms with van der Waals surface area (Å²) in [7, 11) is 1.78. The summed E-state index contributed by atoms with van der Waals surface area (Å²) >= 11 is 1.79. The van der Waals surface area contributed by atoms with Crippen molar-refractivity contribution in [3.05, 3.63) is 27.7 Å². The highest BCUT2D eigenvalue weighted by Crippen LogP contribution is 2.14. The Hall–Kier alpha value is -1.96. The minimum Gasteiger partial charge on any atom is -0.356 e. The van der Waals surface area contributed by atoms with Crippen LogP contribution in [0, 0.1) is 0 Å². The van der Waals surface area contributed by atoms with Crippen molar-refractivity contribution in [2.75, 3.05) is 13.6 Å². The minimum atomic E-state index is 0.643. The van der Waals surface area contributed by atoms with E-state index in [1.54, 1.807) is 18.4 Å². The smallest absolute Gasteiger partial charge is 0.191 e. The molecule has 0 aliphatic carbocycles. The van der Waals surface area contributed by atoms with E-state index in [1.807, 2.05) is 6.20 Å². The lowest BCUT2D eigenvalue weighted by Gasteiger charge is -2.16. The van der Waals surface area contributed by atoms with E-state index >= 15 is 0 Å². The van der Waals surface area contributed by atoms with Crippen molar-refractivity contribution < 1.29 is 0 Å². The van der Waals surface area contributed by atoms with Gasteiger partial charge in [0.15, 0.2) is 11.8 Å². The highest BCUT2D eigenvalue weighted by Gasteiger charge is 2.15. The maximum Gasteiger partial charge on any atom is 0.191 e. The van der Waals surface area contributed by atoms with E-state index in [4.69, 9.17) is 0 Å². The van der Waals surface area contributed by atoms with Gasteiger partial charge in [-0.15, -0.1) is 21.5 Å². The summed E-state index contributed by atoms with van der Waals surface area (Å²) in [5, 5.41) is 16.4. The molecule has 0 unspecified atom stereocenters. The maximum absolute atomic E-state index is 4.44. The van der Waals surface area contributed by atoms with Crippen LogP contribution in [0.1, 0.15) is 41.3 Å². The molecule has 8 heteroatoms. The third-order valence-electron chi connectivity index (χ3n) is 4.15. The minimum absolute atomic E-state index is 0.643. The van der Waals surface area contributed by atoms with Crippen LogP contribution in [0.5, 0.6) is 0 Å². The second-order valence-corrected chi connectivity index (χ2v) is 7.02. The number of aryl methyl sites for hydroxylation is 2. The average molecular weight is 347 g/mol. The molecule has 0 radical (unpaired) electrons.